The molecule has 0 aliphatic rings. The average Bonchev–Trinajstić information content (AvgIpc) is 3.50. The third-order valence-electron chi connectivity index (χ3n) is 5.28. The summed E-state index contributed by atoms with van der Waals surface area (Å²) in [7, 11) is 3.20. The summed E-state index contributed by atoms with van der Waals surface area (Å²) in [5.74, 6) is 0.103. The number of hydrogen-bond acceptors (Lipinski definition) is 8. The molecular weight excluding hydrogens is 512 g/mol. The quantitative estimate of drug-likeness (QED) is 0.230. The van der Waals surface area contributed by atoms with Gasteiger partial charge in [-0.3, -0.25) is 4.79 Å². The number of methoxy groups -OCH3 is 1. The van der Waals surface area contributed by atoms with Crippen molar-refractivity contribution in [2.45, 2.75) is 19.0 Å². The number of thiophene rings is 2. The fourth-order valence-corrected chi connectivity index (χ4v) is 5.97. The smallest absolute Gasteiger partial charge is 0.341 e. The van der Waals surface area contributed by atoms with Gasteiger partial charge in [0.2, 0.25) is 5.91 Å². The Kier molecular flexibility index (Phi) is 7.42. The Morgan fingerprint density at radius 1 is 1.12 bits per heavy atom. The molecule has 0 bridgehead atoms. The Labute approximate surface area is 214 Å². The number of anilines is 1. The number of aromatic nitrogens is 3. The Bertz CT molecular complexity index is 1360. The molecule has 34 heavy (non-hydrogen) atoms. The third-order valence-corrected chi connectivity index (χ3v) is 8.46. The number of ether oxygens (including phenoxy) is 1. The number of amides is 1. The van der Waals surface area contributed by atoms with Crippen LogP contribution in [0.4, 0.5) is 5.00 Å². The van der Waals surface area contributed by atoms with Crippen molar-refractivity contribution in [1.82, 2.24) is 14.8 Å². The van der Waals surface area contributed by atoms with E-state index in [4.69, 9.17) is 16.3 Å². The zero-order valence-electron chi connectivity index (χ0n) is 18.8. The van der Waals surface area contributed by atoms with Crippen LogP contribution in [0.3, 0.4) is 0 Å². The number of hydrogen-bond donors (Lipinski definition) is 1. The van der Waals surface area contributed by atoms with Gasteiger partial charge in [-0.2, -0.15) is 0 Å². The second-order valence-corrected chi connectivity index (χ2v) is 10.7. The molecule has 1 aromatic carbocycles. The lowest BCUT2D eigenvalue weighted by Crippen LogP contribution is -2.16. The van der Waals surface area contributed by atoms with Gasteiger partial charge in [-0.1, -0.05) is 35.5 Å². The topological polar surface area (TPSA) is 86.1 Å². The second-order valence-electron chi connectivity index (χ2n) is 7.38. The van der Waals surface area contributed by atoms with E-state index in [1.54, 1.807) is 23.5 Å². The number of halogens is 1. The van der Waals surface area contributed by atoms with E-state index in [1.807, 2.05) is 29.1 Å². The van der Waals surface area contributed by atoms with Crippen LogP contribution in [0.1, 0.15) is 20.8 Å². The van der Waals surface area contributed by atoms with Gasteiger partial charge >= 0.3 is 5.97 Å². The number of benzene rings is 1. The highest BCUT2D eigenvalue weighted by Crippen LogP contribution is 2.37. The maximum absolute atomic E-state index is 12.7. The first-order chi connectivity index (χ1) is 16.3. The van der Waals surface area contributed by atoms with E-state index in [2.05, 4.69) is 34.7 Å². The minimum absolute atomic E-state index is 0.114. The maximum Gasteiger partial charge on any atom is 0.341 e. The van der Waals surface area contributed by atoms with Crippen molar-refractivity contribution in [2.75, 3.05) is 18.2 Å². The average molecular weight is 533 g/mol. The van der Waals surface area contributed by atoms with Gasteiger partial charge in [-0.25, -0.2) is 4.79 Å². The molecule has 0 saturated carbocycles. The molecule has 0 saturated heterocycles. The molecule has 11 heteroatoms. The summed E-state index contributed by atoms with van der Waals surface area (Å²) in [6.45, 7) is 4.14. The summed E-state index contributed by atoms with van der Waals surface area (Å²) in [5.41, 5.74) is 4.03. The zero-order chi connectivity index (χ0) is 24.4. The van der Waals surface area contributed by atoms with E-state index in [0.717, 1.165) is 17.0 Å². The van der Waals surface area contributed by atoms with E-state index >= 15 is 0 Å². The fraction of sp³-hybridized carbons (Fsp3) is 0.217. The second kappa shape index (κ2) is 10.3. The molecule has 0 unspecified atom stereocenters. The Balaban J connectivity index is 1.49. The normalized spacial score (nSPS) is 11.0. The van der Waals surface area contributed by atoms with E-state index in [9.17, 15) is 9.59 Å². The molecule has 0 spiro atoms. The number of rotatable bonds is 7. The summed E-state index contributed by atoms with van der Waals surface area (Å²) in [6.07, 6.45) is 0. The van der Waals surface area contributed by atoms with Crippen LogP contribution < -0.4 is 5.32 Å². The predicted octanol–water partition coefficient (Wildman–Crippen LogP) is 6.06. The first-order valence-electron chi connectivity index (χ1n) is 10.1. The molecule has 1 N–H and O–H groups in total. The molecule has 7 nitrogen and oxygen atoms in total. The molecule has 1 amide bonds. The minimum atomic E-state index is -0.520. The summed E-state index contributed by atoms with van der Waals surface area (Å²) in [6, 6.07) is 7.14. The van der Waals surface area contributed by atoms with Crippen LogP contribution >= 0.6 is 46.0 Å². The molecule has 0 fully saturated rings. The van der Waals surface area contributed by atoms with Gasteiger partial charge in [-0.15, -0.1) is 32.9 Å². The van der Waals surface area contributed by atoms with Crippen LogP contribution in [0, 0.1) is 13.8 Å². The number of thioether (sulfide) groups is 1. The molecule has 0 aliphatic heterocycles. The molecule has 0 radical (unpaired) electrons. The first-order valence-corrected chi connectivity index (χ1v) is 13.2. The van der Waals surface area contributed by atoms with Gasteiger partial charge in [0, 0.05) is 38.8 Å². The van der Waals surface area contributed by atoms with Crippen LogP contribution in [-0.2, 0) is 16.6 Å². The third kappa shape index (κ3) is 4.90. The number of aryl methyl sites for hydroxylation is 1. The number of nitrogens with one attached hydrogen (secondary N) is 1. The van der Waals surface area contributed by atoms with Crippen molar-refractivity contribution < 1.29 is 14.3 Å². The molecule has 3 heterocycles. The lowest BCUT2D eigenvalue weighted by Gasteiger charge is -2.08. The van der Waals surface area contributed by atoms with Gasteiger partial charge in [0.1, 0.15) is 10.6 Å². The highest BCUT2D eigenvalue weighted by atomic mass is 35.5. The number of carbonyl (C=O) groups excluding carboxylic acids is 2. The fourth-order valence-electron chi connectivity index (χ4n) is 3.30. The SMILES string of the molecule is COC(=O)c1c(-c2ccc(Cl)cc2)csc1NC(=O)CSc1nnc(-c2csc(C)c2C)n1C. The highest BCUT2D eigenvalue weighted by Gasteiger charge is 2.23. The van der Waals surface area contributed by atoms with Crippen molar-refractivity contribution in [2.24, 2.45) is 7.05 Å². The van der Waals surface area contributed by atoms with Crippen molar-refractivity contribution >= 4 is 62.9 Å². The van der Waals surface area contributed by atoms with E-state index in [-0.39, 0.29) is 11.7 Å². The van der Waals surface area contributed by atoms with E-state index < -0.39 is 5.97 Å². The molecule has 3 aromatic heterocycles. The van der Waals surface area contributed by atoms with E-state index in [1.165, 1.54) is 40.6 Å². The van der Waals surface area contributed by atoms with Crippen molar-refractivity contribution in [3.63, 3.8) is 0 Å². The van der Waals surface area contributed by atoms with E-state index in [0.29, 0.717) is 26.3 Å². The molecule has 4 rings (SSSR count). The van der Waals surface area contributed by atoms with Crippen LogP contribution in [-0.4, -0.2) is 39.5 Å². The van der Waals surface area contributed by atoms with Gasteiger partial charge in [0.15, 0.2) is 11.0 Å². The Morgan fingerprint density at radius 3 is 2.47 bits per heavy atom. The molecule has 0 atom stereocenters. The largest absolute Gasteiger partial charge is 0.465 e. The molecule has 0 aliphatic carbocycles. The minimum Gasteiger partial charge on any atom is -0.465 e. The van der Waals surface area contributed by atoms with Crippen LogP contribution in [0.2, 0.25) is 5.02 Å². The number of esters is 1. The van der Waals surface area contributed by atoms with Gasteiger partial charge in [0.25, 0.3) is 0 Å². The summed E-state index contributed by atoms with van der Waals surface area (Å²) in [5, 5.41) is 17.0. The lowest BCUT2D eigenvalue weighted by atomic mass is 10.0. The molecule has 4 aromatic rings. The standard InChI is InChI=1S/C23H21ClN4O3S3/c1-12-13(2)32-9-16(12)20-26-27-23(28(20)3)34-11-18(29)25-21-19(22(30)31-4)17(10-33-21)14-5-7-15(24)8-6-14/h5-10H,11H2,1-4H3,(H,25,29). The predicted molar refractivity (Wildman–Crippen MR) is 139 cm³/mol. The number of nitrogens with zero attached hydrogens (tertiary/aromatic N) is 3. The Hall–Kier alpha value is -2.66. The first kappa shape index (κ1) is 24.5. The van der Waals surface area contributed by atoms with Gasteiger partial charge in [0.05, 0.1) is 12.9 Å². The van der Waals surface area contributed by atoms with Gasteiger partial charge in [-0.05, 0) is 37.1 Å². The lowest BCUT2D eigenvalue weighted by molar-refractivity contribution is -0.113. The van der Waals surface area contributed by atoms with Gasteiger partial charge < -0.3 is 14.6 Å². The number of carbonyl (C=O) groups is 2. The monoisotopic (exact) mass is 532 g/mol. The maximum atomic E-state index is 12.7. The van der Waals surface area contributed by atoms with Crippen molar-refractivity contribution in [3.05, 3.63) is 56.1 Å². The van der Waals surface area contributed by atoms with Crippen LogP contribution in [0.5, 0.6) is 0 Å². The van der Waals surface area contributed by atoms with Crippen LogP contribution in [0.25, 0.3) is 22.5 Å². The molecule has 176 valence electrons. The zero-order valence-corrected chi connectivity index (χ0v) is 22.0. The summed E-state index contributed by atoms with van der Waals surface area (Å²) >= 11 is 10.2. The van der Waals surface area contributed by atoms with Crippen molar-refractivity contribution in [3.8, 4) is 22.5 Å². The summed E-state index contributed by atoms with van der Waals surface area (Å²) in [4.78, 5) is 26.5. The molecular formula is C23H21ClN4O3S3. The highest BCUT2D eigenvalue weighted by molar-refractivity contribution is 7.99. The van der Waals surface area contributed by atoms with Crippen molar-refractivity contribution in [1.29, 1.82) is 0 Å². The Morgan fingerprint density at radius 2 is 1.82 bits per heavy atom. The summed E-state index contributed by atoms with van der Waals surface area (Å²) < 4.78 is 6.85. The van der Waals surface area contributed by atoms with Crippen LogP contribution in [0.15, 0.2) is 40.2 Å².